The zero-order chi connectivity index (χ0) is 20.3. The van der Waals surface area contributed by atoms with Crippen molar-refractivity contribution in [2.45, 2.75) is 32.5 Å². The third-order valence-electron chi connectivity index (χ3n) is 4.41. The van der Waals surface area contributed by atoms with Gasteiger partial charge in [0.25, 0.3) is 0 Å². The standard InChI is InChI=1S/C17H18F4N4O2S/c1-10-22-15(28-24-10)23-16(26)25-6-4-11(5-7-25)8-12-2-3-13(9-14(12)18)27-17(19,20)21/h2-3,9,11H,4-8H2,1H3,(H,22,23,24,26). The van der Waals surface area contributed by atoms with Gasteiger partial charge in [-0.25, -0.2) is 14.2 Å². The first-order valence-electron chi connectivity index (χ1n) is 8.60. The molecule has 11 heteroatoms. The molecule has 1 aromatic heterocycles. The van der Waals surface area contributed by atoms with Gasteiger partial charge in [-0.2, -0.15) is 4.37 Å². The molecule has 0 radical (unpaired) electrons. The monoisotopic (exact) mass is 418 g/mol. The van der Waals surface area contributed by atoms with Gasteiger partial charge in [-0.05, 0) is 43.7 Å². The number of halogens is 4. The predicted octanol–water partition coefficient (Wildman–Crippen LogP) is 4.37. The van der Waals surface area contributed by atoms with Crippen LogP contribution in [0.25, 0.3) is 0 Å². The molecule has 2 amide bonds. The van der Waals surface area contributed by atoms with Gasteiger partial charge in [0.05, 0.1) is 0 Å². The summed E-state index contributed by atoms with van der Waals surface area (Å²) in [6, 6.07) is 2.91. The third-order valence-corrected chi connectivity index (χ3v) is 5.13. The highest BCUT2D eigenvalue weighted by Gasteiger charge is 2.31. The Morgan fingerprint density at radius 1 is 1.36 bits per heavy atom. The molecule has 152 valence electrons. The lowest BCUT2D eigenvalue weighted by molar-refractivity contribution is -0.274. The number of carbonyl (C=O) groups is 1. The molecule has 1 aliphatic rings. The summed E-state index contributed by atoms with van der Waals surface area (Å²) in [5, 5.41) is 3.13. The first kappa shape index (κ1) is 20.3. The molecule has 2 aromatic rings. The van der Waals surface area contributed by atoms with E-state index in [1.54, 1.807) is 11.8 Å². The number of aromatic nitrogens is 2. The summed E-state index contributed by atoms with van der Waals surface area (Å²) in [6.07, 6.45) is -3.12. The lowest BCUT2D eigenvalue weighted by Crippen LogP contribution is -2.41. The number of aryl methyl sites for hydroxylation is 1. The lowest BCUT2D eigenvalue weighted by atomic mass is 9.90. The average Bonchev–Trinajstić information content (AvgIpc) is 3.01. The van der Waals surface area contributed by atoms with Gasteiger partial charge in [-0.3, -0.25) is 5.32 Å². The first-order chi connectivity index (χ1) is 13.2. The quantitative estimate of drug-likeness (QED) is 0.749. The van der Waals surface area contributed by atoms with Crippen molar-refractivity contribution >= 4 is 22.7 Å². The second kappa shape index (κ2) is 8.29. The van der Waals surface area contributed by atoms with Crippen molar-refractivity contribution in [3.8, 4) is 5.75 Å². The number of likely N-dealkylation sites (tertiary alicyclic amines) is 1. The second-order valence-corrected chi connectivity index (χ2v) is 7.26. The SMILES string of the molecule is Cc1nsc(NC(=O)N2CCC(Cc3ccc(OC(F)(F)F)cc3F)CC2)n1. The number of rotatable bonds is 4. The molecule has 1 fully saturated rings. The van der Waals surface area contributed by atoms with E-state index < -0.39 is 17.9 Å². The van der Waals surface area contributed by atoms with E-state index in [1.807, 2.05) is 0 Å². The zero-order valence-electron chi connectivity index (χ0n) is 14.9. The minimum atomic E-state index is -4.85. The van der Waals surface area contributed by atoms with Gasteiger partial charge in [0, 0.05) is 30.7 Å². The molecule has 0 bridgehead atoms. The van der Waals surface area contributed by atoms with Crippen molar-refractivity contribution in [3.63, 3.8) is 0 Å². The Morgan fingerprint density at radius 3 is 2.64 bits per heavy atom. The fourth-order valence-corrected chi connectivity index (χ4v) is 3.63. The largest absolute Gasteiger partial charge is 0.573 e. The van der Waals surface area contributed by atoms with Gasteiger partial charge < -0.3 is 9.64 Å². The van der Waals surface area contributed by atoms with Gasteiger partial charge in [-0.1, -0.05) is 6.07 Å². The third kappa shape index (κ3) is 5.54. The van der Waals surface area contributed by atoms with E-state index in [-0.39, 0.29) is 11.9 Å². The number of urea groups is 1. The summed E-state index contributed by atoms with van der Waals surface area (Å²) in [5.41, 5.74) is 0.335. The highest BCUT2D eigenvalue weighted by Crippen LogP contribution is 2.28. The van der Waals surface area contributed by atoms with Crippen LogP contribution in [0.1, 0.15) is 24.2 Å². The van der Waals surface area contributed by atoms with Crippen molar-refractivity contribution in [1.29, 1.82) is 0 Å². The fraction of sp³-hybridized carbons (Fsp3) is 0.471. The number of piperidine rings is 1. The average molecular weight is 418 g/mol. The summed E-state index contributed by atoms with van der Waals surface area (Å²) < 4.78 is 58.4. The van der Waals surface area contributed by atoms with Crippen LogP contribution in [0.5, 0.6) is 5.75 Å². The van der Waals surface area contributed by atoms with Crippen LogP contribution in [0.4, 0.5) is 27.5 Å². The topological polar surface area (TPSA) is 67.4 Å². The van der Waals surface area contributed by atoms with E-state index >= 15 is 0 Å². The molecule has 2 heterocycles. The zero-order valence-corrected chi connectivity index (χ0v) is 15.7. The van der Waals surface area contributed by atoms with Gasteiger partial charge >= 0.3 is 12.4 Å². The minimum Gasteiger partial charge on any atom is -0.406 e. The van der Waals surface area contributed by atoms with E-state index in [0.29, 0.717) is 48.9 Å². The maximum atomic E-state index is 14.1. The van der Waals surface area contributed by atoms with E-state index in [9.17, 15) is 22.4 Å². The molecule has 0 aliphatic carbocycles. The van der Waals surface area contributed by atoms with E-state index in [2.05, 4.69) is 19.4 Å². The number of nitrogens with one attached hydrogen (secondary N) is 1. The number of amides is 2. The number of anilines is 1. The molecule has 1 N–H and O–H groups in total. The molecule has 0 unspecified atom stereocenters. The van der Waals surface area contributed by atoms with Crippen LogP contribution < -0.4 is 10.1 Å². The van der Waals surface area contributed by atoms with E-state index in [4.69, 9.17) is 0 Å². The molecule has 1 saturated heterocycles. The Labute approximate surface area is 162 Å². The highest BCUT2D eigenvalue weighted by molar-refractivity contribution is 7.09. The molecular weight excluding hydrogens is 400 g/mol. The number of ether oxygens (including phenoxy) is 1. The van der Waals surface area contributed by atoms with Gasteiger partial charge in [0.15, 0.2) is 0 Å². The maximum absolute atomic E-state index is 14.1. The smallest absolute Gasteiger partial charge is 0.406 e. The van der Waals surface area contributed by atoms with Gasteiger partial charge in [0.1, 0.15) is 17.4 Å². The van der Waals surface area contributed by atoms with Crippen LogP contribution >= 0.6 is 11.5 Å². The lowest BCUT2D eigenvalue weighted by Gasteiger charge is -2.31. The van der Waals surface area contributed by atoms with Crippen LogP contribution in [0.15, 0.2) is 18.2 Å². The summed E-state index contributed by atoms with van der Waals surface area (Å²) in [6.45, 7) is 2.74. The van der Waals surface area contributed by atoms with Crippen molar-refractivity contribution < 1.29 is 27.1 Å². The number of benzene rings is 1. The highest BCUT2D eigenvalue weighted by atomic mass is 32.1. The molecule has 1 aliphatic heterocycles. The molecule has 0 atom stereocenters. The summed E-state index contributed by atoms with van der Waals surface area (Å²) in [5.74, 6) is -0.579. The van der Waals surface area contributed by atoms with Crippen LogP contribution in [0.2, 0.25) is 0 Å². The van der Waals surface area contributed by atoms with Gasteiger partial charge in [-0.15, -0.1) is 13.2 Å². The van der Waals surface area contributed by atoms with E-state index in [0.717, 1.165) is 23.7 Å². The Hall–Kier alpha value is -2.43. The predicted molar refractivity (Wildman–Crippen MR) is 94.7 cm³/mol. The van der Waals surface area contributed by atoms with Crippen molar-refractivity contribution in [2.75, 3.05) is 18.4 Å². The number of alkyl halides is 3. The molecule has 0 saturated carbocycles. The molecule has 1 aromatic carbocycles. The summed E-state index contributed by atoms with van der Waals surface area (Å²) >= 11 is 1.11. The van der Waals surface area contributed by atoms with Crippen LogP contribution in [0, 0.1) is 18.7 Å². The summed E-state index contributed by atoms with van der Waals surface area (Å²) in [7, 11) is 0. The Bertz CT molecular complexity index is 835. The molecular formula is C17H18F4N4O2S. The van der Waals surface area contributed by atoms with Crippen molar-refractivity contribution in [2.24, 2.45) is 5.92 Å². The number of carbonyl (C=O) groups excluding carboxylic acids is 1. The normalized spacial score (nSPS) is 15.5. The number of hydrogen-bond donors (Lipinski definition) is 1. The Morgan fingerprint density at radius 2 is 2.07 bits per heavy atom. The van der Waals surface area contributed by atoms with Crippen LogP contribution in [-0.4, -0.2) is 39.7 Å². The maximum Gasteiger partial charge on any atom is 0.573 e. The molecule has 28 heavy (non-hydrogen) atoms. The molecule has 6 nitrogen and oxygen atoms in total. The van der Waals surface area contributed by atoms with Crippen molar-refractivity contribution in [1.82, 2.24) is 14.3 Å². The minimum absolute atomic E-state index is 0.136. The van der Waals surface area contributed by atoms with Gasteiger partial charge in [0.2, 0.25) is 5.13 Å². The molecule has 0 spiro atoms. The number of hydrogen-bond acceptors (Lipinski definition) is 5. The fourth-order valence-electron chi connectivity index (χ4n) is 3.06. The second-order valence-electron chi connectivity index (χ2n) is 6.51. The number of nitrogens with zero attached hydrogens (tertiary/aromatic N) is 3. The van der Waals surface area contributed by atoms with Crippen molar-refractivity contribution in [3.05, 3.63) is 35.4 Å². The first-order valence-corrected chi connectivity index (χ1v) is 9.37. The van der Waals surface area contributed by atoms with E-state index in [1.165, 1.54) is 6.07 Å². The Kier molecular flexibility index (Phi) is 6.01. The summed E-state index contributed by atoms with van der Waals surface area (Å²) in [4.78, 5) is 18.0. The molecule has 3 rings (SSSR count). The van der Waals surface area contributed by atoms with Crippen LogP contribution in [-0.2, 0) is 6.42 Å². The van der Waals surface area contributed by atoms with Crippen LogP contribution in [0.3, 0.4) is 0 Å². The Balaban J connectivity index is 1.50.